The van der Waals surface area contributed by atoms with Gasteiger partial charge in [-0.15, -0.1) is 0 Å². The summed E-state index contributed by atoms with van der Waals surface area (Å²) in [7, 11) is 0. The Kier molecular flexibility index (Phi) is 28.9. The zero-order valence-electron chi connectivity index (χ0n) is 29.8. The second-order valence-electron chi connectivity index (χ2n) is 11.1. The first-order valence-corrected chi connectivity index (χ1v) is 22.4. The van der Waals surface area contributed by atoms with Crippen LogP contribution >= 0.6 is 47.0 Å². The normalized spacial score (nSPS) is 12.5. The summed E-state index contributed by atoms with van der Waals surface area (Å²) in [6, 6.07) is 3.08. The number of aliphatic hydroxyl groups excluding tert-OH is 1. The number of unbranched alkanes of at least 4 members (excludes halogenated alkanes) is 2. The molecule has 2 atom stereocenters. The van der Waals surface area contributed by atoms with E-state index in [9.17, 15) is 9.59 Å². The molecule has 0 saturated heterocycles. The van der Waals surface area contributed by atoms with E-state index in [1.165, 1.54) is 6.07 Å². The number of hydrogen-bond donors (Lipinski definition) is 1. The van der Waals surface area contributed by atoms with Gasteiger partial charge in [-0.2, -0.15) is 47.0 Å². The lowest BCUT2D eigenvalue weighted by molar-refractivity contribution is -0.137. The molecular formula is C35H60O9S4. The van der Waals surface area contributed by atoms with Crippen molar-refractivity contribution in [1.82, 2.24) is 0 Å². The fourth-order valence-corrected chi connectivity index (χ4v) is 7.48. The van der Waals surface area contributed by atoms with Crippen LogP contribution in [0, 0.1) is 0 Å². The van der Waals surface area contributed by atoms with Gasteiger partial charge in [0, 0.05) is 42.1 Å². The molecule has 48 heavy (non-hydrogen) atoms. The van der Waals surface area contributed by atoms with Gasteiger partial charge in [0.15, 0.2) is 23.0 Å². The fourth-order valence-electron chi connectivity index (χ4n) is 4.63. The van der Waals surface area contributed by atoms with Gasteiger partial charge in [0.05, 0.1) is 26.4 Å². The number of ether oxygens (including phenoxy) is 6. The van der Waals surface area contributed by atoms with Crippen LogP contribution in [0.25, 0.3) is 0 Å². The Bertz CT molecular complexity index is 895. The Morgan fingerprint density at radius 2 is 1.08 bits per heavy atom. The molecule has 0 radical (unpaired) electrons. The molecule has 1 aromatic carbocycles. The average Bonchev–Trinajstić information content (AvgIpc) is 3.08. The molecule has 0 bridgehead atoms. The maximum atomic E-state index is 13.0. The molecule has 0 fully saturated rings. The summed E-state index contributed by atoms with van der Waals surface area (Å²) in [5, 5.41) is 10.2. The summed E-state index contributed by atoms with van der Waals surface area (Å²) in [6.45, 7) is 3.82. The maximum absolute atomic E-state index is 13.0. The lowest BCUT2D eigenvalue weighted by Crippen LogP contribution is -2.15. The number of carbonyl (C=O) groups is 2. The molecule has 1 N–H and O–H groups in total. The van der Waals surface area contributed by atoms with E-state index >= 15 is 0 Å². The lowest BCUT2D eigenvalue weighted by Gasteiger charge is -2.18. The predicted molar refractivity (Wildman–Crippen MR) is 205 cm³/mol. The van der Waals surface area contributed by atoms with Crippen molar-refractivity contribution in [1.29, 1.82) is 0 Å². The van der Waals surface area contributed by atoms with E-state index in [2.05, 4.69) is 25.0 Å². The molecule has 0 amide bonds. The Morgan fingerprint density at radius 3 is 1.48 bits per heavy atom. The number of aliphatic hydroxyl groups is 1. The number of hydrogen-bond acceptors (Lipinski definition) is 13. The summed E-state index contributed by atoms with van der Waals surface area (Å²) < 4.78 is 34.4. The molecule has 1 rings (SSSR count). The number of rotatable bonds is 32. The van der Waals surface area contributed by atoms with Crippen LogP contribution in [0.4, 0.5) is 0 Å². The molecule has 0 aliphatic heterocycles. The number of carbonyl (C=O) groups excluding carboxylic acids is 2. The van der Waals surface area contributed by atoms with Crippen LogP contribution in [0.2, 0.25) is 0 Å². The maximum Gasteiger partial charge on any atom is 0.311 e. The number of thioether (sulfide) groups is 4. The second kappa shape index (κ2) is 30.8. The van der Waals surface area contributed by atoms with E-state index in [1.807, 2.05) is 54.0 Å². The van der Waals surface area contributed by atoms with Crippen LogP contribution in [0.5, 0.6) is 23.0 Å². The van der Waals surface area contributed by atoms with E-state index in [1.54, 1.807) is 6.07 Å². The van der Waals surface area contributed by atoms with E-state index < -0.39 is 11.9 Å². The van der Waals surface area contributed by atoms with E-state index in [-0.39, 0.29) is 57.4 Å². The van der Waals surface area contributed by atoms with Gasteiger partial charge in [-0.1, -0.05) is 19.8 Å². The van der Waals surface area contributed by atoms with Crippen LogP contribution in [-0.2, 0) is 19.1 Å². The molecule has 0 spiro atoms. The van der Waals surface area contributed by atoms with Crippen molar-refractivity contribution in [2.24, 2.45) is 0 Å². The van der Waals surface area contributed by atoms with Crippen molar-refractivity contribution < 1.29 is 43.1 Å². The first kappa shape index (κ1) is 45.1. The molecule has 0 aromatic heterocycles. The third-order valence-electron chi connectivity index (χ3n) is 7.28. The Morgan fingerprint density at radius 1 is 0.625 bits per heavy atom. The Hall–Kier alpha value is -0.960. The van der Waals surface area contributed by atoms with Crippen molar-refractivity contribution in [2.75, 3.05) is 82.8 Å². The van der Waals surface area contributed by atoms with Crippen molar-refractivity contribution in [3.05, 3.63) is 12.1 Å². The molecule has 13 heteroatoms. The highest BCUT2D eigenvalue weighted by Crippen LogP contribution is 2.40. The summed E-state index contributed by atoms with van der Waals surface area (Å²) in [5.41, 5.74) is 0. The van der Waals surface area contributed by atoms with Gasteiger partial charge in [0.1, 0.15) is 13.2 Å². The van der Waals surface area contributed by atoms with Crippen LogP contribution in [0.1, 0.15) is 77.6 Å². The first-order chi connectivity index (χ1) is 23.4. The zero-order valence-corrected chi connectivity index (χ0v) is 33.1. The zero-order chi connectivity index (χ0) is 35.2. The predicted octanol–water partition coefficient (Wildman–Crippen LogP) is 7.78. The smallest absolute Gasteiger partial charge is 0.311 e. The van der Waals surface area contributed by atoms with Gasteiger partial charge in [-0.05, 0) is 81.5 Å². The minimum Gasteiger partial charge on any atom is -0.487 e. The van der Waals surface area contributed by atoms with Gasteiger partial charge in [0.25, 0.3) is 0 Å². The highest BCUT2D eigenvalue weighted by atomic mass is 32.2. The van der Waals surface area contributed by atoms with E-state index in [4.69, 9.17) is 33.5 Å². The largest absolute Gasteiger partial charge is 0.487 e. The molecule has 0 aliphatic carbocycles. The molecule has 2 unspecified atom stereocenters. The number of benzene rings is 1. The highest BCUT2D eigenvalue weighted by molar-refractivity contribution is 8.00. The lowest BCUT2D eigenvalue weighted by atomic mass is 10.1. The Balaban J connectivity index is 3.04. The summed E-state index contributed by atoms with van der Waals surface area (Å²) in [4.78, 5) is 26.0. The fraction of sp³-hybridized carbons (Fsp3) is 0.771. The van der Waals surface area contributed by atoms with Gasteiger partial charge < -0.3 is 33.5 Å². The summed E-state index contributed by atoms with van der Waals surface area (Å²) in [5.74, 6) is 2.36. The molecule has 278 valence electrons. The van der Waals surface area contributed by atoms with Crippen molar-refractivity contribution >= 4 is 59.0 Å². The molecule has 0 saturated carbocycles. The average molecular weight is 753 g/mol. The van der Waals surface area contributed by atoms with Crippen LogP contribution in [0.15, 0.2) is 12.1 Å². The van der Waals surface area contributed by atoms with E-state index in [0.29, 0.717) is 48.1 Å². The van der Waals surface area contributed by atoms with Crippen LogP contribution < -0.4 is 18.9 Å². The standard InChI is InChI=1S/C35H60O9S4/c1-6-18-39-20-22-41-30-26-32(43-34(37)13-9-7-11-28(47-4)15-24-45-2)33(27-31(30)42-23-21-40-19-17-36)44-35(38)14-10-8-12-29(48-5)16-25-46-3/h26-29,36H,6-25H2,1-5H3. The van der Waals surface area contributed by atoms with Gasteiger partial charge in [0.2, 0.25) is 0 Å². The molecule has 9 nitrogen and oxygen atoms in total. The van der Waals surface area contributed by atoms with Crippen LogP contribution in [0.3, 0.4) is 0 Å². The van der Waals surface area contributed by atoms with Gasteiger partial charge in [-0.25, -0.2) is 0 Å². The monoisotopic (exact) mass is 752 g/mol. The summed E-state index contributed by atoms with van der Waals surface area (Å²) >= 11 is 7.47. The SMILES string of the molecule is CCCOCCOc1cc(OC(=O)CCCCC(CCSC)SC)c(OC(=O)CCCCC(CCSC)SC)cc1OCCOCCO. The van der Waals surface area contributed by atoms with Gasteiger partial charge in [-0.3, -0.25) is 9.59 Å². The molecule has 1 aromatic rings. The van der Waals surface area contributed by atoms with Crippen LogP contribution in [-0.4, -0.2) is 110 Å². The molecular weight excluding hydrogens is 693 g/mol. The Labute approximate surface area is 306 Å². The molecule has 0 heterocycles. The third kappa shape index (κ3) is 22.0. The van der Waals surface area contributed by atoms with Crippen molar-refractivity contribution in [3.63, 3.8) is 0 Å². The molecule has 0 aliphatic rings. The second-order valence-corrected chi connectivity index (χ2v) is 15.4. The highest BCUT2D eigenvalue weighted by Gasteiger charge is 2.20. The minimum atomic E-state index is -0.399. The topological polar surface area (TPSA) is 110 Å². The van der Waals surface area contributed by atoms with Crippen molar-refractivity contribution in [3.8, 4) is 23.0 Å². The summed E-state index contributed by atoms with van der Waals surface area (Å²) in [6.07, 6.45) is 17.6. The van der Waals surface area contributed by atoms with Crippen molar-refractivity contribution in [2.45, 2.75) is 88.1 Å². The minimum absolute atomic E-state index is 0.0851. The van der Waals surface area contributed by atoms with E-state index in [0.717, 1.165) is 56.5 Å². The number of esters is 2. The van der Waals surface area contributed by atoms with Gasteiger partial charge >= 0.3 is 11.9 Å². The quantitative estimate of drug-likeness (QED) is 0.0440. The first-order valence-electron chi connectivity index (χ1n) is 17.1. The third-order valence-corrected chi connectivity index (χ3v) is 10.8.